The molecule has 0 saturated carbocycles. The number of aromatic nitrogens is 4. The highest BCUT2D eigenvalue weighted by Crippen LogP contribution is 2.19. The van der Waals surface area contributed by atoms with Crippen molar-refractivity contribution in [1.29, 1.82) is 0 Å². The van der Waals surface area contributed by atoms with Crippen molar-refractivity contribution in [2.24, 2.45) is 5.92 Å². The van der Waals surface area contributed by atoms with Gasteiger partial charge in [0.15, 0.2) is 0 Å². The number of aryl methyl sites for hydroxylation is 2. The van der Waals surface area contributed by atoms with Crippen molar-refractivity contribution < 1.29 is 4.52 Å². The van der Waals surface area contributed by atoms with Crippen LogP contribution in [0.25, 0.3) is 11.5 Å². The summed E-state index contributed by atoms with van der Waals surface area (Å²) in [5.74, 6) is 2.74. The summed E-state index contributed by atoms with van der Waals surface area (Å²) in [5, 5.41) is 7.38. The van der Waals surface area contributed by atoms with E-state index in [-0.39, 0.29) is 0 Å². The first kappa shape index (κ1) is 13.2. The van der Waals surface area contributed by atoms with Gasteiger partial charge in [-0.2, -0.15) is 4.98 Å². The van der Waals surface area contributed by atoms with Gasteiger partial charge in [-0.3, -0.25) is 0 Å². The first-order chi connectivity index (χ1) is 9.81. The van der Waals surface area contributed by atoms with Gasteiger partial charge in [-0.05, 0) is 51.3 Å². The van der Waals surface area contributed by atoms with E-state index in [0.717, 1.165) is 37.5 Å². The Bertz CT molecular complexity index is 562. The maximum absolute atomic E-state index is 5.31. The molecule has 2 aromatic rings. The quantitative estimate of drug-likeness (QED) is 0.914. The maximum Gasteiger partial charge on any atom is 0.227 e. The van der Waals surface area contributed by atoms with Crippen LogP contribution >= 0.6 is 0 Å². The number of hydrogen-bond acceptors (Lipinski definition) is 6. The highest BCUT2D eigenvalue weighted by molar-refractivity contribution is 5.46. The predicted molar refractivity (Wildman–Crippen MR) is 74.0 cm³/mol. The van der Waals surface area contributed by atoms with E-state index >= 15 is 0 Å². The SMILES string of the molecule is Cc1nccc(-c2noc(CCC3CCNCC3)n2)n1. The molecule has 106 valence electrons. The zero-order valence-corrected chi connectivity index (χ0v) is 11.7. The molecule has 1 saturated heterocycles. The fourth-order valence-electron chi connectivity index (χ4n) is 2.54. The molecule has 1 fully saturated rings. The average molecular weight is 273 g/mol. The van der Waals surface area contributed by atoms with Crippen LogP contribution in [0.1, 0.15) is 31.0 Å². The Morgan fingerprint density at radius 2 is 2.15 bits per heavy atom. The second-order valence-corrected chi connectivity index (χ2v) is 5.23. The van der Waals surface area contributed by atoms with Gasteiger partial charge < -0.3 is 9.84 Å². The standard InChI is InChI=1S/C14H19N5O/c1-10-16-9-6-12(17-10)14-18-13(20-19-14)3-2-11-4-7-15-8-5-11/h6,9,11,15H,2-5,7-8H2,1H3. The van der Waals surface area contributed by atoms with Gasteiger partial charge in [0.05, 0.1) is 0 Å². The van der Waals surface area contributed by atoms with Gasteiger partial charge in [0.1, 0.15) is 11.5 Å². The maximum atomic E-state index is 5.31. The molecule has 0 unspecified atom stereocenters. The monoisotopic (exact) mass is 273 g/mol. The first-order valence-electron chi connectivity index (χ1n) is 7.14. The van der Waals surface area contributed by atoms with Crippen LogP contribution in [0.5, 0.6) is 0 Å². The minimum atomic E-state index is 0.552. The summed E-state index contributed by atoms with van der Waals surface area (Å²) < 4.78 is 5.31. The lowest BCUT2D eigenvalue weighted by Gasteiger charge is -2.21. The molecule has 1 N–H and O–H groups in total. The number of nitrogens with one attached hydrogen (secondary N) is 1. The van der Waals surface area contributed by atoms with Crippen LogP contribution < -0.4 is 5.32 Å². The summed E-state index contributed by atoms with van der Waals surface area (Å²) in [6, 6.07) is 1.80. The van der Waals surface area contributed by atoms with E-state index in [2.05, 4.69) is 25.4 Å². The molecule has 0 bridgehead atoms. The zero-order valence-electron chi connectivity index (χ0n) is 11.7. The Morgan fingerprint density at radius 3 is 2.95 bits per heavy atom. The van der Waals surface area contributed by atoms with Crippen LogP contribution in [-0.2, 0) is 6.42 Å². The van der Waals surface area contributed by atoms with Gasteiger partial charge in [-0.25, -0.2) is 9.97 Å². The lowest BCUT2D eigenvalue weighted by atomic mass is 9.93. The first-order valence-corrected chi connectivity index (χ1v) is 7.14. The van der Waals surface area contributed by atoms with Crippen molar-refractivity contribution in [2.75, 3.05) is 13.1 Å². The lowest BCUT2D eigenvalue weighted by Crippen LogP contribution is -2.27. The Morgan fingerprint density at radius 1 is 1.30 bits per heavy atom. The summed E-state index contributed by atoms with van der Waals surface area (Å²) >= 11 is 0. The van der Waals surface area contributed by atoms with Gasteiger partial charge in [0.2, 0.25) is 11.7 Å². The fraction of sp³-hybridized carbons (Fsp3) is 0.571. The molecule has 0 radical (unpaired) electrons. The molecule has 6 heteroatoms. The summed E-state index contributed by atoms with van der Waals surface area (Å²) in [7, 11) is 0. The van der Waals surface area contributed by atoms with Crippen LogP contribution in [0.3, 0.4) is 0 Å². The van der Waals surface area contributed by atoms with Crippen LogP contribution in [0.2, 0.25) is 0 Å². The zero-order chi connectivity index (χ0) is 13.8. The van der Waals surface area contributed by atoms with Crippen molar-refractivity contribution in [2.45, 2.75) is 32.6 Å². The highest BCUT2D eigenvalue weighted by atomic mass is 16.5. The summed E-state index contributed by atoms with van der Waals surface area (Å²) in [6.07, 6.45) is 6.16. The minimum Gasteiger partial charge on any atom is -0.339 e. The van der Waals surface area contributed by atoms with Crippen molar-refractivity contribution in [3.8, 4) is 11.5 Å². The minimum absolute atomic E-state index is 0.552. The number of hydrogen-bond donors (Lipinski definition) is 1. The normalized spacial score (nSPS) is 16.4. The van der Waals surface area contributed by atoms with E-state index in [1.807, 2.05) is 6.92 Å². The molecule has 1 aliphatic rings. The van der Waals surface area contributed by atoms with Crippen LogP contribution in [-0.4, -0.2) is 33.2 Å². The third-order valence-electron chi connectivity index (χ3n) is 3.70. The number of nitrogens with zero attached hydrogens (tertiary/aromatic N) is 4. The topological polar surface area (TPSA) is 76.7 Å². The fourth-order valence-corrected chi connectivity index (χ4v) is 2.54. The molecule has 0 aromatic carbocycles. The molecule has 6 nitrogen and oxygen atoms in total. The Balaban J connectivity index is 1.61. The predicted octanol–water partition coefficient (Wildman–Crippen LogP) is 1.77. The average Bonchev–Trinajstić information content (AvgIpc) is 2.95. The van der Waals surface area contributed by atoms with Crippen LogP contribution in [0, 0.1) is 12.8 Å². The van der Waals surface area contributed by atoms with E-state index in [4.69, 9.17) is 4.52 Å². The van der Waals surface area contributed by atoms with E-state index in [9.17, 15) is 0 Å². The Hall–Kier alpha value is -1.82. The summed E-state index contributed by atoms with van der Waals surface area (Å²) in [6.45, 7) is 4.10. The van der Waals surface area contributed by atoms with E-state index < -0.39 is 0 Å². The summed E-state index contributed by atoms with van der Waals surface area (Å²) in [5.41, 5.74) is 0.717. The Labute approximate surface area is 118 Å². The van der Waals surface area contributed by atoms with E-state index in [1.165, 1.54) is 12.8 Å². The Kier molecular flexibility index (Phi) is 4.01. The molecule has 2 aromatic heterocycles. The molecular weight excluding hydrogens is 254 g/mol. The van der Waals surface area contributed by atoms with Crippen molar-refractivity contribution in [3.63, 3.8) is 0 Å². The second-order valence-electron chi connectivity index (χ2n) is 5.23. The molecule has 3 rings (SSSR count). The van der Waals surface area contributed by atoms with E-state index in [0.29, 0.717) is 17.5 Å². The highest BCUT2D eigenvalue weighted by Gasteiger charge is 2.15. The lowest BCUT2D eigenvalue weighted by molar-refractivity contribution is 0.324. The van der Waals surface area contributed by atoms with Gasteiger partial charge in [0, 0.05) is 12.6 Å². The third kappa shape index (κ3) is 3.19. The van der Waals surface area contributed by atoms with Gasteiger partial charge in [-0.15, -0.1) is 0 Å². The smallest absolute Gasteiger partial charge is 0.227 e. The van der Waals surface area contributed by atoms with E-state index in [1.54, 1.807) is 12.3 Å². The van der Waals surface area contributed by atoms with Gasteiger partial charge in [-0.1, -0.05) is 5.16 Å². The number of rotatable bonds is 4. The third-order valence-corrected chi connectivity index (χ3v) is 3.70. The largest absolute Gasteiger partial charge is 0.339 e. The molecular formula is C14H19N5O. The van der Waals surface area contributed by atoms with Gasteiger partial charge in [0.25, 0.3) is 0 Å². The molecule has 0 spiro atoms. The van der Waals surface area contributed by atoms with Crippen LogP contribution in [0.15, 0.2) is 16.8 Å². The second kappa shape index (κ2) is 6.09. The molecule has 0 aliphatic carbocycles. The van der Waals surface area contributed by atoms with Crippen molar-refractivity contribution in [3.05, 3.63) is 24.0 Å². The van der Waals surface area contributed by atoms with Crippen LogP contribution in [0.4, 0.5) is 0 Å². The molecule has 1 aliphatic heterocycles. The van der Waals surface area contributed by atoms with Crippen molar-refractivity contribution in [1.82, 2.24) is 25.4 Å². The summed E-state index contributed by atoms with van der Waals surface area (Å²) in [4.78, 5) is 12.8. The van der Waals surface area contributed by atoms with Crippen molar-refractivity contribution >= 4 is 0 Å². The molecule has 0 atom stereocenters. The number of piperidine rings is 1. The molecule has 0 amide bonds. The van der Waals surface area contributed by atoms with Gasteiger partial charge >= 0.3 is 0 Å². The molecule has 3 heterocycles. The molecule has 20 heavy (non-hydrogen) atoms.